The highest BCUT2D eigenvalue weighted by Crippen LogP contribution is 2.12. The standard InChI is InChI=1S/C9H7N5/c10-5-8-3-1-2-4-9(8)13-14-6-11-12-7-14/h1-4,6-7,13H. The maximum Gasteiger partial charge on any atom is 0.139 e. The minimum absolute atomic E-state index is 0.584. The Morgan fingerprint density at radius 2 is 1.93 bits per heavy atom. The van der Waals surface area contributed by atoms with Gasteiger partial charge in [-0.1, -0.05) is 12.1 Å². The van der Waals surface area contributed by atoms with E-state index >= 15 is 0 Å². The zero-order valence-electron chi connectivity index (χ0n) is 7.25. The third-order valence-electron chi connectivity index (χ3n) is 1.72. The van der Waals surface area contributed by atoms with Gasteiger partial charge in [0.15, 0.2) is 0 Å². The Hall–Kier alpha value is -2.35. The number of aromatic nitrogens is 3. The number of nitrogens with zero attached hydrogens (tertiary/aromatic N) is 4. The molecule has 0 saturated carbocycles. The number of para-hydroxylation sites is 1. The second kappa shape index (κ2) is 3.58. The number of nitriles is 1. The molecule has 1 N–H and O–H groups in total. The summed E-state index contributed by atoms with van der Waals surface area (Å²) >= 11 is 0. The smallest absolute Gasteiger partial charge is 0.139 e. The van der Waals surface area contributed by atoms with Gasteiger partial charge in [0, 0.05) is 0 Å². The van der Waals surface area contributed by atoms with E-state index in [1.165, 1.54) is 12.7 Å². The first-order valence-electron chi connectivity index (χ1n) is 4.01. The summed E-state index contributed by atoms with van der Waals surface area (Å²) in [6.45, 7) is 0. The number of benzene rings is 1. The van der Waals surface area contributed by atoms with Gasteiger partial charge in [0.25, 0.3) is 0 Å². The molecule has 5 heteroatoms. The lowest BCUT2D eigenvalue weighted by atomic mass is 10.2. The van der Waals surface area contributed by atoms with Crippen LogP contribution in [0.3, 0.4) is 0 Å². The van der Waals surface area contributed by atoms with E-state index in [1.54, 1.807) is 10.7 Å². The van der Waals surface area contributed by atoms with Crippen LogP contribution >= 0.6 is 0 Å². The zero-order chi connectivity index (χ0) is 9.80. The van der Waals surface area contributed by atoms with Crippen LogP contribution in [0.4, 0.5) is 5.69 Å². The molecular weight excluding hydrogens is 178 g/mol. The second-order valence-corrected chi connectivity index (χ2v) is 2.64. The highest BCUT2D eigenvalue weighted by atomic mass is 15.5. The average molecular weight is 185 g/mol. The first-order valence-corrected chi connectivity index (χ1v) is 4.01. The van der Waals surface area contributed by atoms with Crippen LogP contribution in [0, 0.1) is 11.3 Å². The minimum Gasteiger partial charge on any atom is -0.291 e. The summed E-state index contributed by atoms with van der Waals surface area (Å²) in [5.41, 5.74) is 4.29. The van der Waals surface area contributed by atoms with Gasteiger partial charge < -0.3 is 0 Å². The Balaban J connectivity index is 2.30. The molecule has 2 rings (SSSR count). The summed E-state index contributed by atoms with van der Waals surface area (Å²) < 4.78 is 1.58. The summed E-state index contributed by atoms with van der Waals surface area (Å²) in [6.07, 6.45) is 3.04. The highest BCUT2D eigenvalue weighted by molar-refractivity contribution is 5.56. The third kappa shape index (κ3) is 1.54. The van der Waals surface area contributed by atoms with Crippen molar-refractivity contribution in [2.45, 2.75) is 0 Å². The normalized spacial score (nSPS) is 9.36. The third-order valence-corrected chi connectivity index (χ3v) is 1.72. The van der Waals surface area contributed by atoms with Crippen LogP contribution in [0.2, 0.25) is 0 Å². The Morgan fingerprint density at radius 3 is 2.64 bits per heavy atom. The van der Waals surface area contributed by atoms with E-state index in [1.807, 2.05) is 18.2 Å². The predicted molar refractivity (Wildman–Crippen MR) is 50.2 cm³/mol. The van der Waals surface area contributed by atoms with Crippen molar-refractivity contribution < 1.29 is 0 Å². The molecule has 68 valence electrons. The number of hydrogen-bond acceptors (Lipinski definition) is 4. The van der Waals surface area contributed by atoms with E-state index in [4.69, 9.17) is 5.26 Å². The number of nitrogens with one attached hydrogen (secondary N) is 1. The molecule has 0 spiro atoms. The van der Waals surface area contributed by atoms with Crippen molar-refractivity contribution >= 4 is 5.69 Å². The molecule has 14 heavy (non-hydrogen) atoms. The first-order chi connectivity index (χ1) is 6.90. The highest BCUT2D eigenvalue weighted by Gasteiger charge is 1.99. The lowest BCUT2D eigenvalue weighted by Gasteiger charge is -2.06. The molecule has 0 fully saturated rings. The van der Waals surface area contributed by atoms with Crippen LogP contribution < -0.4 is 5.43 Å². The van der Waals surface area contributed by atoms with Gasteiger partial charge in [0.05, 0.1) is 11.3 Å². The maximum absolute atomic E-state index is 8.82. The van der Waals surface area contributed by atoms with Gasteiger partial charge in [-0.05, 0) is 12.1 Å². The molecule has 5 nitrogen and oxygen atoms in total. The van der Waals surface area contributed by atoms with Crippen LogP contribution in [0.5, 0.6) is 0 Å². The van der Waals surface area contributed by atoms with E-state index < -0.39 is 0 Å². The molecule has 2 aromatic rings. The van der Waals surface area contributed by atoms with E-state index in [2.05, 4.69) is 21.7 Å². The van der Waals surface area contributed by atoms with Crippen LogP contribution in [0.15, 0.2) is 36.9 Å². The lowest BCUT2D eigenvalue weighted by Crippen LogP contribution is -2.07. The van der Waals surface area contributed by atoms with Crippen molar-refractivity contribution in [2.75, 3.05) is 5.43 Å². The molecule has 0 unspecified atom stereocenters. The van der Waals surface area contributed by atoms with Gasteiger partial charge in [-0.25, -0.2) is 4.68 Å². The summed E-state index contributed by atoms with van der Waals surface area (Å²) in [4.78, 5) is 0. The quantitative estimate of drug-likeness (QED) is 0.758. The number of hydrogen-bond donors (Lipinski definition) is 1. The Morgan fingerprint density at radius 1 is 1.21 bits per heavy atom. The predicted octanol–water partition coefficient (Wildman–Crippen LogP) is 1.02. The molecule has 1 aromatic carbocycles. The minimum atomic E-state index is 0.584. The van der Waals surface area contributed by atoms with Crippen molar-refractivity contribution in [1.82, 2.24) is 14.9 Å². The van der Waals surface area contributed by atoms with Crippen LogP contribution in [-0.2, 0) is 0 Å². The fourth-order valence-electron chi connectivity index (χ4n) is 1.08. The Kier molecular flexibility index (Phi) is 2.11. The summed E-state index contributed by atoms with van der Waals surface area (Å²) in [5, 5.41) is 16.1. The van der Waals surface area contributed by atoms with Crippen molar-refractivity contribution in [3.05, 3.63) is 42.5 Å². The van der Waals surface area contributed by atoms with E-state index in [-0.39, 0.29) is 0 Å². The van der Waals surface area contributed by atoms with E-state index in [9.17, 15) is 0 Å². The van der Waals surface area contributed by atoms with Crippen molar-refractivity contribution in [2.24, 2.45) is 0 Å². The molecule has 0 radical (unpaired) electrons. The summed E-state index contributed by atoms with van der Waals surface area (Å²) in [7, 11) is 0. The topological polar surface area (TPSA) is 66.5 Å². The molecule has 0 amide bonds. The van der Waals surface area contributed by atoms with Crippen LogP contribution in [0.25, 0.3) is 0 Å². The van der Waals surface area contributed by atoms with Gasteiger partial charge in [-0.15, -0.1) is 10.2 Å². The fourth-order valence-corrected chi connectivity index (χ4v) is 1.08. The average Bonchev–Trinajstić information content (AvgIpc) is 2.71. The largest absolute Gasteiger partial charge is 0.291 e. The molecule has 1 aromatic heterocycles. The van der Waals surface area contributed by atoms with Crippen molar-refractivity contribution in [1.29, 1.82) is 5.26 Å². The van der Waals surface area contributed by atoms with Gasteiger partial charge >= 0.3 is 0 Å². The van der Waals surface area contributed by atoms with Crippen LogP contribution in [0.1, 0.15) is 5.56 Å². The van der Waals surface area contributed by atoms with Gasteiger partial charge in [0.1, 0.15) is 18.7 Å². The molecule has 0 bridgehead atoms. The lowest BCUT2D eigenvalue weighted by molar-refractivity contribution is 0.950. The molecule has 1 heterocycles. The molecule has 0 atom stereocenters. The monoisotopic (exact) mass is 185 g/mol. The maximum atomic E-state index is 8.82. The molecule has 0 saturated heterocycles. The SMILES string of the molecule is N#Cc1ccccc1Nn1cnnc1. The molecular formula is C9H7N5. The van der Waals surface area contributed by atoms with Gasteiger partial charge in [0.2, 0.25) is 0 Å². The van der Waals surface area contributed by atoms with Gasteiger partial charge in [-0.2, -0.15) is 5.26 Å². The van der Waals surface area contributed by atoms with Crippen molar-refractivity contribution in [3.63, 3.8) is 0 Å². The number of anilines is 1. The zero-order valence-corrected chi connectivity index (χ0v) is 7.25. The summed E-state index contributed by atoms with van der Waals surface area (Å²) in [5.74, 6) is 0. The van der Waals surface area contributed by atoms with E-state index in [0.29, 0.717) is 5.56 Å². The Labute approximate surface area is 80.6 Å². The first kappa shape index (κ1) is 8.26. The summed E-state index contributed by atoms with van der Waals surface area (Å²) in [6, 6.07) is 9.32. The Bertz CT molecular complexity index is 454. The van der Waals surface area contributed by atoms with Crippen molar-refractivity contribution in [3.8, 4) is 6.07 Å². The van der Waals surface area contributed by atoms with Gasteiger partial charge in [-0.3, -0.25) is 5.43 Å². The number of rotatable bonds is 2. The second-order valence-electron chi connectivity index (χ2n) is 2.64. The molecule has 0 aliphatic rings. The van der Waals surface area contributed by atoms with Crippen LogP contribution in [-0.4, -0.2) is 14.9 Å². The molecule has 0 aliphatic heterocycles. The molecule has 0 aliphatic carbocycles. The fraction of sp³-hybridized carbons (Fsp3) is 0. The van der Waals surface area contributed by atoms with E-state index in [0.717, 1.165) is 5.69 Å².